The predicted molar refractivity (Wildman–Crippen MR) is 148 cm³/mol. The minimum Gasteiger partial charge on any atom is -0.309 e. The van der Waals surface area contributed by atoms with E-state index >= 15 is 0 Å². The van der Waals surface area contributed by atoms with Gasteiger partial charge < -0.3 is 9.13 Å². The summed E-state index contributed by atoms with van der Waals surface area (Å²) in [5.41, 5.74) is 2.87. The van der Waals surface area contributed by atoms with Gasteiger partial charge in [0.15, 0.2) is 10.9 Å². The molecule has 0 unspecified atom stereocenters. The number of nitrogens with zero attached hydrogens (tertiary/aromatic N) is 2. The Balaban J connectivity index is 1.77. The maximum atomic E-state index is 14.3. The molecule has 7 rings (SSSR count). The normalized spacial score (nSPS) is 11.6. The van der Waals surface area contributed by atoms with E-state index in [2.05, 4.69) is 0 Å². The van der Waals surface area contributed by atoms with Gasteiger partial charge in [0.25, 0.3) is 0 Å². The Morgan fingerprint density at radius 1 is 0.421 bits per heavy atom. The standard InChI is InChI=1S/C32H18F2N2O2/c33-19-11-13-27-23(15-19)31(37)25-18-30-26(17-29(25)35(27)21-7-3-1-4-8-21)32(38)24-16-20(34)12-14-28(24)36(30)22-9-5-2-6-10-22/h1-18H. The van der Waals surface area contributed by atoms with Crippen LogP contribution in [0.25, 0.3) is 55.0 Å². The zero-order valence-corrected chi connectivity index (χ0v) is 19.9. The molecular formula is C32H18F2N2O2. The molecule has 0 amide bonds. The van der Waals surface area contributed by atoms with Crippen LogP contribution in [-0.4, -0.2) is 9.13 Å². The second kappa shape index (κ2) is 8.21. The zero-order valence-electron chi connectivity index (χ0n) is 19.9. The van der Waals surface area contributed by atoms with Gasteiger partial charge in [-0.2, -0.15) is 0 Å². The monoisotopic (exact) mass is 500 g/mol. The number of fused-ring (bicyclic) bond motifs is 4. The highest BCUT2D eigenvalue weighted by Gasteiger charge is 2.19. The van der Waals surface area contributed by atoms with Crippen LogP contribution in [0.15, 0.2) is 119 Å². The van der Waals surface area contributed by atoms with Crippen LogP contribution in [0, 0.1) is 11.6 Å². The fourth-order valence-electron chi connectivity index (χ4n) is 5.34. The van der Waals surface area contributed by atoms with E-state index in [-0.39, 0.29) is 21.6 Å². The van der Waals surface area contributed by atoms with Crippen molar-refractivity contribution in [3.05, 3.63) is 141 Å². The Bertz CT molecular complexity index is 2030. The first-order chi connectivity index (χ1) is 18.5. The summed E-state index contributed by atoms with van der Waals surface area (Å²) in [6.45, 7) is 0. The minimum atomic E-state index is -0.511. The summed E-state index contributed by atoms with van der Waals surface area (Å²) in [5.74, 6) is -1.02. The summed E-state index contributed by atoms with van der Waals surface area (Å²) in [6, 6.07) is 30.4. The van der Waals surface area contributed by atoms with Gasteiger partial charge in [0.05, 0.1) is 22.1 Å². The van der Waals surface area contributed by atoms with Gasteiger partial charge in [0, 0.05) is 32.9 Å². The second-order valence-electron chi connectivity index (χ2n) is 9.21. The van der Waals surface area contributed by atoms with Crippen molar-refractivity contribution in [1.82, 2.24) is 9.13 Å². The lowest BCUT2D eigenvalue weighted by Gasteiger charge is -2.19. The molecule has 182 valence electrons. The lowest BCUT2D eigenvalue weighted by molar-refractivity contribution is 0.629. The molecule has 2 aromatic heterocycles. The second-order valence-corrected chi connectivity index (χ2v) is 9.21. The van der Waals surface area contributed by atoms with Crippen LogP contribution in [0.2, 0.25) is 0 Å². The number of aromatic nitrogens is 2. The van der Waals surface area contributed by atoms with Crippen molar-refractivity contribution >= 4 is 43.6 Å². The summed E-state index contributed by atoms with van der Waals surface area (Å²) in [6.07, 6.45) is 0. The molecule has 0 aliphatic rings. The van der Waals surface area contributed by atoms with Crippen molar-refractivity contribution in [2.75, 3.05) is 0 Å². The van der Waals surface area contributed by atoms with Crippen LogP contribution in [0.3, 0.4) is 0 Å². The molecule has 0 bridgehead atoms. The number of pyridine rings is 2. The molecule has 0 saturated carbocycles. The van der Waals surface area contributed by atoms with Gasteiger partial charge in [-0.05, 0) is 72.8 Å². The van der Waals surface area contributed by atoms with Gasteiger partial charge in [-0.3, -0.25) is 9.59 Å². The van der Waals surface area contributed by atoms with Gasteiger partial charge in [0.2, 0.25) is 0 Å². The van der Waals surface area contributed by atoms with Crippen molar-refractivity contribution in [2.24, 2.45) is 0 Å². The SMILES string of the molecule is O=c1c2cc(F)ccc2n(-c2ccccc2)c2cc3c(=O)c4cc(F)ccc4n(-c4ccccc4)c3cc12. The minimum absolute atomic E-state index is 0.233. The molecule has 0 aliphatic carbocycles. The topological polar surface area (TPSA) is 44.0 Å². The van der Waals surface area contributed by atoms with E-state index in [9.17, 15) is 18.4 Å². The first-order valence-corrected chi connectivity index (χ1v) is 12.1. The van der Waals surface area contributed by atoms with E-state index in [0.29, 0.717) is 32.8 Å². The number of hydrogen-bond donors (Lipinski definition) is 0. The van der Waals surface area contributed by atoms with Gasteiger partial charge in [-0.1, -0.05) is 36.4 Å². The first-order valence-electron chi connectivity index (χ1n) is 12.1. The smallest absolute Gasteiger partial charge is 0.197 e. The molecule has 5 aromatic carbocycles. The molecule has 4 nitrogen and oxygen atoms in total. The third-order valence-electron chi connectivity index (χ3n) is 7.00. The zero-order chi connectivity index (χ0) is 26.0. The highest BCUT2D eigenvalue weighted by Crippen LogP contribution is 2.30. The molecule has 0 N–H and O–H groups in total. The van der Waals surface area contributed by atoms with E-state index in [1.54, 1.807) is 24.3 Å². The third-order valence-corrected chi connectivity index (χ3v) is 7.00. The maximum Gasteiger partial charge on any atom is 0.197 e. The highest BCUT2D eigenvalue weighted by molar-refractivity contribution is 6.05. The van der Waals surface area contributed by atoms with Crippen molar-refractivity contribution < 1.29 is 8.78 Å². The van der Waals surface area contributed by atoms with Gasteiger partial charge >= 0.3 is 0 Å². The van der Waals surface area contributed by atoms with Crippen LogP contribution in [0.4, 0.5) is 8.78 Å². The molecule has 38 heavy (non-hydrogen) atoms. The summed E-state index contributed by atoms with van der Waals surface area (Å²) in [7, 11) is 0. The number of hydrogen-bond acceptors (Lipinski definition) is 2. The summed E-state index contributed by atoms with van der Waals surface area (Å²) in [4.78, 5) is 27.6. The van der Waals surface area contributed by atoms with Gasteiger partial charge in [-0.25, -0.2) is 8.78 Å². The third kappa shape index (κ3) is 3.20. The lowest BCUT2D eigenvalue weighted by atomic mass is 10.0. The molecule has 0 aliphatic heterocycles. The van der Waals surface area contributed by atoms with Gasteiger partial charge in [-0.15, -0.1) is 0 Å². The van der Waals surface area contributed by atoms with Crippen LogP contribution in [0.1, 0.15) is 0 Å². The number of benzene rings is 5. The average molecular weight is 501 g/mol. The Morgan fingerprint density at radius 2 is 0.789 bits per heavy atom. The van der Waals surface area contributed by atoms with Crippen molar-refractivity contribution in [3.8, 4) is 11.4 Å². The summed E-state index contributed by atoms with van der Waals surface area (Å²) >= 11 is 0. The van der Waals surface area contributed by atoms with Crippen molar-refractivity contribution in [3.63, 3.8) is 0 Å². The van der Waals surface area contributed by atoms with Gasteiger partial charge in [0.1, 0.15) is 11.6 Å². The lowest BCUT2D eigenvalue weighted by Crippen LogP contribution is -2.15. The number of para-hydroxylation sites is 2. The van der Waals surface area contributed by atoms with Crippen LogP contribution >= 0.6 is 0 Å². The van der Waals surface area contributed by atoms with Crippen LogP contribution in [0.5, 0.6) is 0 Å². The summed E-state index contributed by atoms with van der Waals surface area (Å²) in [5, 5.41) is 1.14. The summed E-state index contributed by atoms with van der Waals surface area (Å²) < 4.78 is 32.4. The predicted octanol–water partition coefficient (Wildman–Crippen LogP) is 6.88. The quantitative estimate of drug-likeness (QED) is 0.243. The Kier molecular flexibility index (Phi) is 4.78. The van der Waals surface area contributed by atoms with Crippen molar-refractivity contribution in [2.45, 2.75) is 0 Å². The number of halogens is 2. The highest BCUT2D eigenvalue weighted by atomic mass is 19.1. The molecular weight excluding hydrogens is 482 g/mol. The molecule has 0 saturated heterocycles. The molecule has 0 atom stereocenters. The van der Waals surface area contributed by atoms with Crippen LogP contribution < -0.4 is 10.9 Å². The number of rotatable bonds is 2. The fraction of sp³-hybridized carbons (Fsp3) is 0. The van der Waals surface area contributed by atoms with Crippen molar-refractivity contribution in [1.29, 1.82) is 0 Å². The molecule has 7 aromatic rings. The molecule has 0 spiro atoms. The molecule has 0 radical (unpaired) electrons. The van der Waals surface area contributed by atoms with Crippen LogP contribution in [-0.2, 0) is 0 Å². The van der Waals surface area contributed by atoms with E-state index in [0.717, 1.165) is 11.4 Å². The largest absolute Gasteiger partial charge is 0.309 e. The van der Waals surface area contributed by atoms with E-state index in [4.69, 9.17) is 0 Å². The van der Waals surface area contributed by atoms with E-state index in [1.807, 2.05) is 69.8 Å². The van der Waals surface area contributed by atoms with E-state index < -0.39 is 11.6 Å². The maximum absolute atomic E-state index is 14.3. The average Bonchev–Trinajstić information content (AvgIpc) is 2.95. The fourth-order valence-corrected chi connectivity index (χ4v) is 5.34. The molecule has 6 heteroatoms. The Morgan fingerprint density at radius 3 is 1.18 bits per heavy atom. The van der Waals surface area contributed by atoms with E-state index in [1.165, 1.54) is 24.3 Å². The molecule has 0 fully saturated rings. The Hall–Kier alpha value is -5.10. The Labute approximate surface area is 214 Å². The molecule has 2 heterocycles. The first kappa shape index (κ1) is 22.1.